The normalized spacial score (nSPS) is 18.7. The first-order chi connectivity index (χ1) is 3.06. The maximum atomic E-state index is 10.4. The molecule has 0 heterocycles. The Balaban J connectivity index is 3.36. The molecule has 0 aromatic heterocycles. The van der Waals surface area contributed by atoms with E-state index in [0.717, 1.165) is 6.42 Å². The zero-order valence-electron chi connectivity index (χ0n) is 4.72. The first-order valence-electron chi connectivity index (χ1n) is 2.35. The van der Waals surface area contributed by atoms with Crippen LogP contribution in [0.4, 0.5) is 0 Å². The van der Waals surface area contributed by atoms with Gasteiger partial charge in [-0.25, -0.2) is 0 Å². The van der Waals surface area contributed by atoms with E-state index < -0.39 is 7.37 Å². The summed E-state index contributed by atoms with van der Waals surface area (Å²) in [5, 5.41) is 0. The van der Waals surface area contributed by atoms with Gasteiger partial charge in [-0.1, -0.05) is 6.92 Å². The summed E-state index contributed by atoms with van der Waals surface area (Å²) in [6, 6.07) is 0. The van der Waals surface area contributed by atoms with Gasteiger partial charge >= 0.3 is 0 Å². The van der Waals surface area contributed by atoms with Gasteiger partial charge in [0.05, 0.1) is 0 Å². The van der Waals surface area contributed by atoms with E-state index in [-0.39, 0.29) is 0 Å². The standard InChI is InChI=1S/C4H11O2P/c1-3-4-7(2,5)6/h3-4H2,1-2H3,(H,5,6). The quantitative estimate of drug-likeness (QED) is 0.560. The fourth-order valence-electron chi connectivity index (χ4n) is 0.415. The molecule has 0 aromatic rings. The molecule has 0 spiro atoms. The van der Waals surface area contributed by atoms with Gasteiger partial charge in [-0.3, -0.25) is 4.57 Å². The van der Waals surface area contributed by atoms with E-state index in [1.165, 1.54) is 6.66 Å². The van der Waals surface area contributed by atoms with Crippen molar-refractivity contribution in [2.24, 2.45) is 0 Å². The van der Waals surface area contributed by atoms with Crippen LogP contribution in [0, 0.1) is 0 Å². The molecular formula is C4H11O2P. The van der Waals surface area contributed by atoms with Gasteiger partial charge in [-0.2, -0.15) is 0 Å². The van der Waals surface area contributed by atoms with Gasteiger partial charge < -0.3 is 4.89 Å². The third-order valence-electron chi connectivity index (χ3n) is 0.639. The van der Waals surface area contributed by atoms with Crippen LogP contribution in [0.25, 0.3) is 0 Å². The molecule has 1 atom stereocenters. The SMILES string of the molecule is CCCP(C)(=O)O. The van der Waals surface area contributed by atoms with Crippen molar-refractivity contribution in [1.29, 1.82) is 0 Å². The van der Waals surface area contributed by atoms with Gasteiger partial charge in [0.15, 0.2) is 7.37 Å². The Morgan fingerprint density at radius 3 is 2.14 bits per heavy atom. The van der Waals surface area contributed by atoms with E-state index >= 15 is 0 Å². The van der Waals surface area contributed by atoms with Crippen LogP contribution in [0.2, 0.25) is 0 Å². The average Bonchev–Trinajstić information content (AvgIpc) is 1.30. The predicted molar refractivity (Wildman–Crippen MR) is 30.9 cm³/mol. The molecule has 0 amide bonds. The van der Waals surface area contributed by atoms with Crippen LogP contribution in [-0.2, 0) is 4.57 Å². The van der Waals surface area contributed by atoms with Gasteiger partial charge in [0.25, 0.3) is 0 Å². The molecule has 2 nitrogen and oxygen atoms in total. The van der Waals surface area contributed by atoms with Crippen molar-refractivity contribution >= 4 is 7.37 Å². The summed E-state index contributed by atoms with van der Waals surface area (Å²) in [7, 11) is -2.67. The second-order valence-electron chi connectivity index (χ2n) is 1.77. The highest BCUT2D eigenvalue weighted by atomic mass is 31.2. The molecule has 0 aliphatic rings. The van der Waals surface area contributed by atoms with E-state index in [1.54, 1.807) is 0 Å². The monoisotopic (exact) mass is 122 g/mol. The van der Waals surface area contributed by atoms with Crippen molar-refractivity contribution in [2.45, 2.75) is 13.3 Å². The zero-order chi connectivity index (χ0) is 5.91. The Morgan fingerprint density at radius 2 is 2.14 bits per heavy atom. The second-order valence-corrected chi connectivity index (χ2v) is 4.32. The smallest absolute Gasteiger partial charge is 0.197 e. The Kier molecular flexibility index (Phi) is 2.55. The van der Waals surface area contributed by atoms with E-state index in [9.17, 15) is 4.57 Å². The van der Waals surface area contributed by atoms with Crippen LogP contribution in [0.1, 0.15) is 13.3 Å². The molecule has 0 aromatic carbocycles. The highest BCUT2D eigenvalue weighted by Gasteiger charge is 2.04. The van der Waals surface area contributed by atoms with Crippen LogP contribution in [-0.4, -0.2) is 17.7 Å². The Bertz CT molecular complexity index is 83.7. The van der Waals surface area contributed by atoms with Crippen molar-refractivity contribution in [3.05, 3.63) is 0 Å². The fourth-order valence-corrected chi connectivity index (χ4v) is 1.24. The fraction of sp³-hybridized carbons (Fsp3) is 1.00. The topological polar surface area (TPSA) is 37.3 Å². The molecule has 0 bridgehead atoms. The van der Waals surface area contributed by atoms with Crippen LogP contribution in [0.15, 0.2) is 0 Å². The zero-order valence-corrected chi connectivity index (χ0v) is 5.61. The third-order valence-corrected chi connectivity index (χ3v) is 1.92. The molecule has 0 radical (unpaired) electrons. The number of hydrogen-bond donors (Lipinski definition) is 1. The first-order valence-corrected chi connectivity index (χ1v) is 4.65. The summed E-state index contributed by atoms with van der Waals surface area (Å²) in [4.78, 5) is 8.57. The minimum absolute atomic E-state index is 0.451. The van der Waals surface area contributed by atoms with E-state index in [0.29, 0.717) is 6.16 Å². The van der Waals surface area contributed by atoms with E-state index in [1.807, 2.05) is 6.92 Å². The van der Waals surface area contributed by atoms with Crippen LogP contribution >= 0.6 is 7.37 Å². The summed E-state index contributed by atoms with van der Waals surface area (Å²) >= 11 is 0. The van der Waals surface area contributed by atoms with Crippen molar-refractivity contribution in [1.82, 2.24) is 0 Å². The molecule has 1 N–H and O–H groups in total. The lowest BCUT2D eigenvalue weighted by atomic mass is 10.6. The molecule has 0 saturated heterocycles. The van der Waals surface area contributed by atoms with E-state index in [2.05, 4.69) is 0 Å². The summed E-state index contributed by atoms with van der Waals surface area (Å²) in [5.74, 6) is 0. The Morgan fingerprint density at radius 1 is 1.71 bits per heavy atom. The average molecular weight is 122 g/mol. The van der Waals surface area contributed by atoms with Crippen molar-refractivity contribution in [3.8, 4) is 0 Å². The maximum Gasteiger partial charge on any atom is 0.197 e. The minimum atomic E-state index is -2.67. The molecule has 0 rings (SSSR count). The molecule has 0 aliphatic carbocycles. The largest absolute Gasteiger partial charge is 0.344 e. The van der Waals surface area contributed by atoms with Crippen molar-refractivity contribution in [2.75, 3.05) is 12.8 Å². The van der Waals surface area contributed by atoms with E-state index in [4.69, 9.17) is 4.89 Å². The van der Waals surface area contributed by atoms with Crippen molar-refractivity contribution < 1.29 is 9.46 Å². The highest BCUT2D eigenvalue weighted by Crippen LogP contribution is 2.35. The lowest BCUT2D eigenvalue weighted by molar-refractivity contribution is 0.484. The molecular weight excluding hydrogens is 111 g/mol. The Labute approximate surface area is 44.0 Å². The second kappa shape index (κ2) is 2.49. The lowest BCUT2D eigenvalue weighted by Gasteiger charge is -1.98. The van der Waals surface area contributed by atoms with Gasteiger partial charge in [-0.05, 0) is 6.42 Å². The molecule has 3 heteroatoms. The summed E-state index contributed by atoms with van der Waals surface area (Å²) < 4.78 is 10.4. The lowest BCUT2D eigenvalue weighted by Crippen LogP contribution is -1.81. The molecule has 0 saturated carbocycles. The summed E-state index contributed by atoms with van der Waals surface area (Å²) in [6.45, 7) is 3.28. The Hall–Kier alpha value is 0.190. The van der Waals surface area contributed by atoms with Gasteiger partial charge in [0.2, 0.25) is 0 Å². The molecule has 1 unspecified atom stereocenters. The highest BCUT2D eigenvalue weighted by molar-refractivity contribution is 7.57. The van der Waals surface area contributed by atoms with Crippen LogP contribution < -0.4 is 0 Å². The summed E-state index contributed by atoms with van der Waals surface area (Å²) in [6.07, 6.45) is 1.25. The molecule has 7 heavy (non-hydrogen) atoms. The molecule has 0 aliphatic heterocycles. The first kappa shape index (κ1) is 7.19. The van der Waals surface area contributed by atoms with Gasteiger partial charge in [0, 0.05) is 12.8 Å². The predicted octanol–water partition coefficient (Wildman–Crippen LogP) is 1.30. The number of rotatable bonds is 2. The summed E-state index contributed by atoms with van der Waals surface area (Å²) in [5.41, 5.74) is 0. The van der Waals surface area contributed by atoms with Gasteiger partial charge in [-0.15, -0.1) is 0 Å². The third kappa shape index (κ3) is 6.19. The number of hydrogen-bond acceptors (Lipinski definition) is 1. The molecule has 0 fully saturated rings. The van der Waals surface area contributed by atoms with Crippen LogP contribution in [0.5, 0.6) is 0 Å². The van der Waals surface area contributed by atoms with Crippen LogP contribution in [0.3, 0.4) is 0 Å². The van der Waals surface area contributed by atoms with Gasteiger partial charge in [0.1, 0.15) is 0 Å². The molecule has 44 valence electrons. The minimum Gasteiger partial charge on any atom is -0.344 e. The maximum absolute atomic E-state index is 10.4. The van der Waals surface area contributed by atoms with Crippen molar-refractivity contribution in [3.63, 3.8) is 0 Å².